The fourth-order valence-corrected chi connectivity index (χ4v) is 5.79. The molecule has 2 bridgehead atoms. The van der Waals surface area contributed by atoms with Crippen molar-refractivity contribution in [1.82, 2.24) is 0 Å². The van der Waals surface area contributed by atoms with E-state index in [-0.39, 0.29) is 0 Å². The number of hydrogen-bond donors (Lipinski definition) is 0. The highest BCUT2D eigenvalue weighted by atomic mass is 16.1. The smallest absolute Gasteiger partial charge is 0.211 e. The van der Waals surface area contributed by atoms with E-state index in [0.717, 1.165) is 5.92 Å². The van der Waals surface area contributed by atoms with E-state index >= 15 is 0 Å². The van der Waals surface area contributed by atoms with Crippen LogP contribution in [0.4, 0.5) is 0 Å². The monoisotopic (exact) mass is 274 g/mol. The fourth-order valence-electron chi connectivity index (χ4n) is 5.79. The summed E-state index contributed by atoms with van der Waals surface area (Å²) in [5.74, 6) is 3.18. The van der Waals surface area contributed by atoms with Gasteiger partial charge in [0, 0.05) is 0 Å². The Kier molecular flexibility index (Phi) is 3.62. The first-order chi connectivity index (χ1) is 9.69. The van der Waals surface area contributed by atoms with Crippen LogP contribution in [0.3, 0.4) is 0 Å². The molecule has 6 atom stereocenters. The highest BCUT2D eigenvalue weighted by molar-refractivity contribution is 5.33. The zero-order valence-electron chi connectivity index (χ0n) is 12.0. The quantitative estimate of drug-likeness (QED) is 0.584. The van der Waals surface area contributed by atoms with Crippen LogP contribution >= 0.6 is 0 Å². The third-order valence-electron chi connectivity index (χ3n) is 6.31. The summed E-state index contributed by atoms with van der Waals surface area (Å²) >= 11 is 0. The highest BCUT2D eigenvalue weighted by Gasteiger charge is 2.60. The molecule has 0 N–H and O–H groups in total. The predicted molar refractivity (Wildman–Crippen MR) is 74.6 cm³/mol. The van der Waals surface area contributed by atoms with Gasteiger partial charge in [-0.25, -0.2) is 19.6 Å². The van der Waals surface area contributed by atoms with E-state index in [1.54, 1.807) is 12.2 Å². The van der Waals surface area contributed by atoms with E-state index in [9.17, 15) is 9.59 Å². The third-order valence-corrected chi connectivity index (χ3v) is 6.31. The highest BCUT2D eigenvalue weighted by Crippen LogP contribution is 2.67. The molecule has 0 aromatic rings. The maximum absolute atomic E-state index is 10.4. The molecule has 6 unspecified atom stereocenters. The standard InChI is InChI=1S/C16H22N2O2/c1-16-5-12(8-18-10-20)13(6-16)15-11(7-17-9-19)3-2-4-14(15)16/h11-15H,2-8H2,1H3. The summed E-state index contributed by atoms with van der Waals surface area (Å²) in [4.78, 5) is 28.5. The molecule has 3 saturated carbocycles. The largest absolute Gasteiger partial charge is 0.234 e. The lowest BCUT2D eigenvalue weighted by molar-refractivity contribution is 0.0308. The summed E-state index contributed by atoms with van der Waals surface area (Å²) < 4.78 is 0. The summed E-state index contributed by atoms with van der Waals surface area (Å²) in [7, 11) is 0. The van der Waals surface area contributed by atoms with E-state index in [4.69, 9.17) is 0 Å². The molecule has 20 heavy (non-hydrogen) atoms. The molecule has 3 fully saturated rings. The van der Waals surface area contributed by atoms with E-state index in [2.05, 4.69) is 16.9 Å². The molecule has 4 nitrogen and oxygen atoms in total. The van der Waals surface area contributed by atoms with Crippen LogP contribution in [-0.2, 0) is 9.59 Å². The molecule has 108 valence electrons. The maximum Gasteiger partial charge on any atom is 0.234 e. The summed E-state index contributed by atoms with van der Waals surface area (Å²) in [6, 6.07) is 0. The maximum atomic E-state index is 10.4. The molecule has 0 aromatic carbocycles. The summed E-state index contributed by atoms with van der Waals surface area (Å²) in [5, 5.41) is 0. The second kappa shape index (κ2) is 5.27. The van der Waals surface area contributed by atoms with Crippen molar-refractivity contribution >= 4 is 12.2 Å². The first-order valence-corrected chi connectivity index (χ1v) is 7.77. The van der Waals surface area contributed by atoms with Crippen molar-refractivity contribution in [3.63, 3.8) is 0 Å². The van der Waals surface area contributed by atoms with E-state index < -0.39 is 0 Å². The number of hydrogen-bond acceptors (Lipinski definition) is 4. The lowest BCUT2D eigenvalue weighted by atomic mass is 9.59. The van der Waals surface area contributed by atoms with Gasteiger partial charge in [0.25, 0.3) is 0 Å². The van der Waals surface area contributed by atoms with Gasteiger partial charge in [0.15, 0.2) is 0 Å². The predicted octanol–water partition coefficient (Wildman–Crippen LogP) is 2.74. The summed E-state index contributed by atoms with van der Waals surface area (Å²) in [5.41, 5.74) is 0.419. The van der Waals surface area contributed by atoms with Gasteiger partial charge in [-0.15, -0.1) is 0 Å². The van der Waals surface area contributed by atoms with Crippen molar-refractivity contribution in [2.75, 3.05) is 13.1 Å². The van der Waals surface area contributed by atoms with Gasteiger partial charge in [-0.1, -0.05) is 13.3 Å². The first-order valence-electron chi connectivity index (χ1n) is 7.77. The van der Waals surface area contributed by atoms with Crippen LogP contribution in [0.2, 0.25) is 0 Å². The number of carbonyl (C=O) groups excluding carboxylic acids is 2. The van der Waals surface area contributed by atoms with Gasteiger partial charge in [0.1, 0.15) is 0 Å². The van der Waals surface area contributed by atoms with Crippen LogP contribution in [-0.4, -0.2) is 25.2 Å². The van der Waals surface area contributed by atoms with Crippen LogP contribution in [0, 0.1) is 35.0 Å². The van der Waals surface area contributed by atoms with Crippen LogP contribution in [0.1, 0.15) is 39.0 Å². The number of aliphatic imine (C=N–C) groups is 2. The Labute approximate surface area is 119 Å². The molecular formula is C16H22N2O2. The Balaban J connectivity index is 1.82. The molecule has 0 spiro atoms. The molecule has 0 heterocycles. The zero-order chi connectivity index (χ0) is 14.2. The molecule has 3 aliphatic rings. The van der Waals surface area contributed by atoms with E-state index in [0.29, 0.717) is 42.2 Å². The minimum absolute atomic E-state index is 0.419. The lowest BCUT2D eigenvalue weighted by Crippen LogP contribution is -2.41. The molecule has 0 amide bonds. The van der Waals surface area contributed by atoms with Gasteiger partial charge in [-0.2, -0.15) is 0 Å². The minimum atomic E-state index is 0.419. The fraction of sp³-hybridized carbons (Fsp3) is 0.875. The number of nitrogens with zero attached hydrogens (tertiary/aromatic N) is 2. The van der Waals surface area contributed by atoms with Gasteiger partial charge >= 0.3 is 0 Å². The summed E-state index contributed by atoms with van der Waals surface area (Å²) in [6.07, 6.45) is 9.63. The normalized spacial score (nSPS) is 45.4. The van der Waals surface area contributed by atoms with Crippen molar-refractivity contribution < 1.29 is 9.59 Å². The molecule has 4 heteroatoms. The second-order valence-electron chi connectivity index (χ2n) is 7.22. The first kappa shape index (κ1) is 13.7. The molecule has 0 saturated heterocycles. The van der Waals surface area contributed by atoms with E-state index in [1.165, 1.54) is 32.1 Å². The van der Waals surface area contributed by atoms with Gasteiger partial charge in [0.05, 0.1) is 13.1 Å². The Bertz CT molecular complexity index is 479. The molecule has 0 aliphatic heterocycles. The molecule has 0 aromatic heterocycles. The van der Waals surface area contributed by atoms with Crippen molar-refractivity contribution in [2.45, 2.75) is 39.0 Å². The number of isocyanates is 2. The average molecular weight is 274 g/mol. The van der Waals surface area contributed by atoms with Gasteiger partial charge < -0.3 is 0 Å². The number of fused-ring (bicyclic) bond motifs is 5. The Morgan fingerprint density at radius 3 is 2.45 bits per heavy atom. The van der Waals surface area contributed by atoms with Gasteiger partial charge in [-0.05, 0) is 60.7 Å². The second-order valence-corrected chi connectivity index (χ2v) is 7.22. The van der Waals surface area contributed by atoms with Crippen LogP contribution in [0.25, 0.3) is 0 Å². The van der Waals surface area contributed by atoms with Crippen molar-refractivity contribution in [3.05, 3.63) is 0 Å². The Morgan fingerprint density at radius 1 is 1.05 bits per heavy atom. The van der Waals surface area contributed by atoms with Gasteiger partial charge in [0.2, 0.25) is 12.2 Å². The third kappa shape index (κ3) is 2.08. The SMILES string of the molecule is CC12CC(CN=C=O)C(C1)C1C(CN=C=O)CCCC12. The van der Waals surface area contributed by atoms with Gasteiger partial charge in [-0.3, -0.25) is 0 Å². The molecule has 0 radical (unpaired) electrons. The minimum Gasteiger partial charge on any atom is -0.211 e. The van der Waals surface area contributed by atoms with Crippen LogP contribution in [0.15, 0.2) is 9.98 Å². The Morgan fingerprint density at radius 2 is 1.75 bits per heavy atom. The van der Waals surface area contributed by atoms with E-state index in [1.807, 2.05) is 0 Å². The molecule has 3 aliphatic carbocycles. The average Bonchev–Trinajstić information content (AvgIpc) is 2.94. The lowest BCUT2D eigenvalue weighted by Gasteiger charge is -2.46. The van der Waals surface area contributed by atoms with Crippen LogP contribution in [0.5, 0.6) is 0 Å². The van der Waals surface area contributed by atoms with Crippen molar-refractivity contribution in [3.8, 4) is 0 Å². The zero-order valence-corrected chi connectivity index (χ0v) is 12.0. The molecule has 3 rings (SSSR count). The summed E-state index contributed by atoms with van der Waals surface area (Å²) in [6.45, 7) is 3.69. The Hall–Kier alpha value is -1.24. The van der Waals surface area contributed by atoms with Crippen molar-refractivity contribution in [1.29, 1.82) is 0 Å². The topological polar surface area (TPSA) is 58.9 Å². The van der Waals surface area contributed by atoms with Crippen molar-refractivity contribution in [2.24, 2.45) is 45.0 Å². The number of rotatable bonds is 4. The van der Waals surface area contributed by atoms with Crippen LogP contribution < -0.4 is 0 Å². The molecular weight excluding hydrogens is 252 g/mol.